The Morgan fingerprint density at radius 3 is 2.56 bits per heavy atom. The number of hydrogen-bond donors (Lipinski definition) is 0. The first-order valence-electron chi connectivity index (χ1n) is 7.97. The van der Waals surface area contributed by atoms with E-state index >= 15 is 0 Å². The first kappa shape index (κ1) is 16.0. The Kier molecular flexibility index (Phi) is 3.54. The average Bonchev–Trinajstić information content (AvgIpc) is 2.85. The molecule has 0 bridgehead atoms. The molecular formula is C19H17BrN4O. The normalized spacial score (nSPS) is 11.6. The van der Waals surface area contributed by atoms with Crippen LogP contribution in [-0.4, -0.2) is 19.3 Å². The second-order valence-electron chi connectivity index (χ2n) is 6.38. The number of aryl methyl sites for hydroxylation is 3. The van der Waals surface area contributed by atoms with E-state index in [0.717, 1.165) is 32.2 Å². The van der Waals surface area contributed by atoms with Crippen LogP contribution in [0.2, 0.25) is 0 Å². The number of fused-ring (bicyclic) bond motifs is 2. The smallest absolute Gasteiger partial charge is 0.261 e. The van der Waals surface area contributed by atoms with Gasteiger partial charge in [-0.2, -0.15) is 5.10 Å². The lowest BCUT2D eigenvalue weighted by Crippen LogP contribution is -2.20. The molecule has 4 rings (SSSR count). The lowest BCUT2D eigenvalue weighted by Gasteiger charge is -2.11. The molecule has 0 radical (unpaired) electrons. The van der Waals surface area contributed by atoms with Gasteiger partial charge in [0.25, 0.3) is 5.56 Å². The highest BCUT2D eigenvalue weighted by Crippen LogP contribution is 2.27. The van der Waals surface area contributed by atoms with Crippen molar-refractivity contribution in [2.24, 2.45) is 14.1 Å². The molecule has 0 N–H and O–H groups in total. The van der Waals surface area contributed by atoms with Crippen molar-refractivity contribution in [3.8, 4) is 11.4 Å². The zero-order valence-electron chi connectivity index (χ0n) is 14.5. The van der Waals surface area contributed by atoms with Crippen molar-refractivity contribution < 1.29 is 0 Å². The predicted octanol–water partition coefficient (Wildman–Crippen LogP) is 3.87. The van der Waals surface area contributed by atoms with Crippen LogP contribution in [0.4, 0.5) is 0 Å². The Labute approximate surface area is 153 Å². The fourth-order valence-electron chi connectivity index (χ4n) is 3.31. The largest absolute Gasteiger partial charge is 0.295 e. The van der Waals surface area contributed by atoms with Gasteiger partial charge in [0.2, 0.25) is 0 Å². The maximum Gasteiger partial charge on any atom is 0.261 e. The average molecular weight is 397 g/mol. The van der Waals surface area contributed by atoms with Crippen molar-refractivity contribution in [1.82, 2.24) is 19.3 Å². The second kappa shape index (κ2) is 5.52. The minimum Gasteiger partial charge on any atom is -0.295 e. The van der Waals surface area contributed by atoms with E-state index in [-0.39, 0.29) is 5.56 Å². The van der Waals surface area contributed by atoms with Gasteiger partial charge in [-0.05, 0) is 65.7 Å². The summed E-state index contributed by atoms with van der Waals surface area (Å²) in [6, 6.07) is 9.92. The van der Waals surface area contributed by atoms with Crippen LogP contribution in [-0.2, 0) is 14.1 Å². The molecule has 6 heteroatoms. The summed E-state index contributed by atoms with van der Waals surface area (Å²) < 4.78 is 4.31. The van der Waals surface area contributed by atoms with E-state index in [4.69, 9.17) is 4.98 Å². The Bertz CT molecular complexity index is 1220. The molecule has 0 unspecified atom stereocenters. The van der Waals surface area contributed by atoms with Gasteiger partial charge in [0.05, 0.1) is 22.1 Å². The maximum absolute atomic E-state index is 12.8. The fraction of sp³-hybridized carbons (Fsp3) is 0.211. The van der Waals surface area contributed by atoms with Gasteiger partial charge < -0.3 is 0 Å². The van der Waals surface area contributed by atoms with Crippen molar-refractivity contribution in [3.05, 3.63) is 56.4 Å². The van der Waals surface area contributed by atoms with Gasteiger partial charge in [0, 0.05) is 29.5 Å². The Morgan fingerprint density at radius 1 is 1.04 bits per heavy atom. The molecule has 0 atom stereocenters. The van der Waals surface area contributed by atoms with Gasteiger partial charge in [-0.15, -0.1) is 0 Å². The second-order valence-corrected chi connectivity index (χ2v) is 7.24. The van der Waals surface area contributed by atoms with Gasteiger partial charge >= 0.3 is 0 Å². The molecule has 0 aliphatic rings. The van der Waals surface area contributed by atoms with Crippen LogP contribution in [0.25, 0.3) is 33.2 Å². The highest BCUT2D eigenvalue weighted by Gasteiger charge is 2.14. The van der Waals surface area contributed by atoms with Crippen LogP contribution in [0, 0.1) is 13.8 Å². The van der Waals surface area contributed by atoms with Crippen LogP contribution in [0.5, 0.6) is 0 Å². The van der Waals surface area contributed by atoms with E-state index < -0.39 is 0 Å². The zero-order valence-corrected chi connectivity index (χ0v) is 16.0. The summed E-state index contributed by atoms with van der Waals surface area (Å²) in [5.41, 5.74) is 4.58. The van der Waals surface area contributed by atoms with Crippen molar-refractivity contribution >= 4 is 37.7 Å². The van der Waals surface area contributed by atoms with Crippen LogP contribution < -0.4 is 5.56 Å². The minimum atomic E-state index is -0.0487. The van der Waals surface area contributed by atoms with Crippen LogP contribution in [0.15, 0.2) is 39.6 Å². The molecule has 126 valence electrons. The van der Waals surface area contributed by atoms with Crippen molar-refractivity contribution in [3.63, 3.8) is 0 Å². The third-order valence-electron chi connectivity index (χ3n) is 4.57. The standard InChI is InChI=1S/C19H17BrN4O/c1-10-7-14-17(15(20)8-10)21-18(23(3)19(14)25)12-5-6-16-13(9-12)11(2)22-24(16)4/h5-9H,1-4H3. The van der Waals surface area contributed by atoms with E-state index in [0.29, 0.717) is 16.7 Å². The highest BCUT2D eigenvalue weighted by molar-refractivity contribution is 9.10. The van der Waals surface area contributed by atoms with Gasteiger partial charge in [-0.1, -0.05) is 0 Å². The summed E-state index contributed by atoms with van der Waals surface area (Å²) in [5, 5.41) is 6.15. The highest BCUT2D eigenvalue weighted by atomic mass is 79.9. The Balaban J connectivity index is 2.06. The summed E-state index contributed by atoms with van der Waals surface area (Å²) in [6.45, 7) is 3.95. The minimum absolute atomic E-state index is 0.0487. The molecule has 4 aromatic rings. The summed E-state index contributed by atoms with van der Waals surface area (Å²) in [5.74, 6) is 0.646. The summed E-state index contributed by atoms with van der Waals surface area (Å²) in [7, 11) is 3.69. The number of aromatic nitrogens is 4. The number of nitrogens with zero attached hydrogens (tertiary/aromatic N) is 4. The van der Waals surface area contributed by atoms with Gasteiger partial charge in [0.15, 0.2) is 0 Å². The zero-order chi connectivity index (χ0) is 17.9. The van der Waals surface area contributed by atoms with Crippen molar-refractivity contribution in [2.75, 3.05) is 0 Å². The van der Waals surface area contributed by atoms with E-state index in [1.807, 2.05) is 55.9 Å². The molecule has 25 heavy (non-hydrogen) atoms. The third kappa shape index (κ3) is 2.40. The number of halogens is 1. The van der Waals surface area contributed by atoms with E-state index in [1.54, 1.807) is 11.6 Å². The first-order valence-corrected chi connectivity index (χ1v) is 8.76. The first-order chi connectivity index (χ1) is 11.9. The monoisotopic (exact) mass is 396 g/mol. The van der Waals surface area contributed by atoms with Crippen molar-refractivity contribution in [1.29, 1.82) is 0 Å². The summed E-state index contributed by atoms with van der Waals surface area (Å²) in [4.78, 5) is 17.6. The molecule has 0 amide bonds. The van der Waals surface area contributed by atoms with Gasteiger partial charge in [-0.25, -0.2) is 4.98 Å². The number of hydrogen-bond acceptors (Lipinski definition) is 3. The maximum atomic E-state index is 12.8. The van der Waals surface area contributed by atoms with E-state index in [1.165, 1.54) is 0 Å². The molecule has 0 saturated heterocycles. The topological polar surface area (TPSA) is 52.7 Å². The summed E-state index contributed by atoms with van der Waals surface area (Å²) in [6.07, 6.45) is 0. The lowest BCUT2D eigenvalue weighted by molar-refractivity contribution is 0.783. The number of benzene rings is 2. The van der Waals surface area contributed by atoms with E-state index in [9.17, 15) is 4.79 Å². The Morgan fingerprint density at radius 2 is 1.80 bits per heavy atom. The molecule has 5 nitrogen and oxygen atoms in total. The summed E-state index contributed by atoms with van der Waals surface area (Å²) >= 11 is 3.54. The van der Waals surface area contributed by atoms with Gasteiger partial charge in [0.1, 0.15) is 5.82 Å². The van der Waals surface area contributed by atoms with Crippen LogP contribution >= 0.6 is 15.9 Å². The lowest BCUT2D eigenvalue weighted by atomic mass is 10.1. The predicted molar refractivity (Wildman–Crippen MR) is 104 cm³/mol. The molecule has 2 aromatic carbocycles. The van der Waals surface area contributed by atoms with E-state index in [2.05, 4.69) is 21.0 Å². The molecule has 0 saturated carbocycles. The molecule has 2 heterocycles. The van der Waals surface area contributed by atoms with Crippen LogP contribution in [0.1, 0.15) is 11.3 Å². The Hall–Kier alpha value is -2.47. The molecule has 2 aromatic heterocycles. The van der Waals surface area contributed by atoms with Crippen LogP contribution in [0.3, 0.4) is 0 Å². The molecule has 0 aliphatic heterocycles. The molecule has 0 spiro atoms. The van der Waals surface area contributed by atoms with Gasteiger partial charge in [-0.3, -0.25) is 14.0 Å². The SMILES string of the molecule is Cc1cc(Br)c2nc(-c3ccc4c(c3)c(C)nn4C)n(C)c(=O)c2c1. The number of rotatable bonds is 1. The fourth-order valence-corrected chi connectivity index (χ4v) is 3.97. The molecular weight excluding hydrogens is 380 g/mol. The molecule has 0 fully saturated rings. The molecule has 0 aliphatic carbocycles. The third-order valence-corrected chi connectivity index (χ3v) is 5.18. The quantitative estimate of drug-likeness (QED) is 0.490. The van der Waals surface area contributed by atoms with Crippen molar-refractivity contribution in [2.45, 2.75) is 13.8 Å².